The van der Waals surface area contributed by atoms with Gasteiger partial charge >= 0.3 is 0 Å². The molecule has 0 unspecified atom stereocenters. The SMILES string of the molecule is CCNCC1CCN(C(=O)c2cccc(C)c2Cl)CC1. The number of piperidine rings is 1. The van der Waals surface area contributed by atoms with E-state index in [1.54, 1.807) is 0 Å². The minimum Gasteiger partial charge on any atom is -0.339 e. The topological polar surface area (TPSA) is 32.3 Å². The largest absolute Gasteiger partial charge is 0.339 e. The van der Waals surface area contributed by atoms with Crippen molar-refractivity contribution in [3.8, 4) is 0 Å². The quantitative estimate of drug-likeness (QED) is 0.925. The standard InChI is InChI=1S/C16H23ClN2O/c1-3-18-11-13-7-9-19(10-8-13)16(20)14-6-4-5-12(2)15(14)17/h4-6,13,18H,3,7-11H2,1-2H3. The maximum absolute atomic E-state index is 12.5. The maximum atomic E-state index is 12.5. The molecular weight excluding hydrogens is 272 g/mol. The van der Waals surface area contributed by atoms with Crippen LogP contribution in [0.5, 0.6) is 0 Å². The summed E-state index contributed by atoms with van der Waals surface area (Å²) in [6.45, 7) is 7.79. The number of carbonyl (C=O) groups excluding carboxylic acids is 1. The fraction of sp³-hybridized carbons (Fsp3) is 0.562. The molecule has 2 rings (SSSR count). The number of benzene rings is 1. The molecule has 1 amide bonds. The van der Waals surface area contributed by atoms with Crippen LogP contribution < -0.4 is 5.32 Å². The summed E-state index contributed by atoms with van der Waals surface area (Å²) in [6, 6.07) is 5.65. The summed E-state index contributed by atoms with van der Waals surface area (Å²) >= 11 is 6.25. The molecule has 1 aromatic rings. The number of amides is 1. The van der Waals surface area contributed by atoms with Gasteiger partial charge in [0.05, 0.1) is 10.6 Å². The molecular formula is C16H23ClN2O. The zero-order valence-electron chi connectivity index (χ0n) is 12.3. The number of hydrogen-bond donors (Lipinski definition) is 1. The second-order valence-corrected chi connectivity index (χ2v) is 5.86. The Kier molecular flexibility index (Phi) is 5.44. The molecule has 1 saturated heterocycles. The van der Waals surface area contributed by atoms with Gasteiger partial charge in [-0.2, -0.15) is 0 Å². The first-order valence-electron chi connectivity index (χ1n) is 7.38. The van der Waals surface area contributed by atoms with Gasteiger partial charge in [-0.05, 0) is 50.4 Å². The van der Waals surface area contributed by atoms with Crippen LogP contribution in [0.25, 0.3) is 0 Å². The lowest BCUT2D eigenvalue weighted by atomic mass is 9.96. The lowest BCUT2D eigenvalue weighted by Gasteiger charge is -2.32. The second-order valence-electron chi connectivity index (χ2n) is 5.48. The third-order valence-corrected chi connectivity index (χ3v) is 4.51. The highest BCUT2D eigenvalue weighted by Crippen LogP contribution is 2.24. The van der Waals surface area contributed by atoms with Crippen molar-refractivity contribution >= 4 is 17.5 Å². The van der Waals surface area contributed by atoms with E-state index in [2.05, 4.69) is 12.2 Å². The normalized spacial score (nSPS) is 16.4. The highest BCUT2D eigenvalue weighted by atomic mass is 35.5. The molecule has 1 N–H and O–H groups in total. The van der Waals surface area contributed by atoms with Crippen molar-refractivity contribution in [2.24, 2.45) is 5.92 Å². The van der Waals surface area contributed by atoms with Gasteiger partial charge in [0.15, 0.2) is 0 Å². The summed E-state index contributed by atoms with van der Waals surface area (Å²) < 4.78 is 0. The summed E-state index contributed by atoms with van der Waals surface area (Å²) in [5, 5.41) is 3.98. The lowest BCUT2D eigenvalue weighted by Crippen LogP contribution is -2.40. The van der Waals surface area contributed by atoms with E-state index in [0.717, 1.165) is 44.6 Å². The van der Waals surface area contributed by atoms with Crippen LogP contribution in [0.15, 0.2) is 18.2 Å². The molecule has 4 heteroatoms. The van der Waals surface area contributed by atoms with Gasteiger partial charge in [0.2, 0.25) is 0 Å². The van der Waals surface area contributed by atoms with E-state index in [4.69, 9.17) is 11.6 Å². The number of rotatable bonds is 4. The molecule has 1 heterocycles. The highest BCUT2D eigenvalue weighted by molar-refractivity contribution is 6.34. The predicted octanol–water partition coefficient (Wildman–Crippen LogP) is 3.11. The Balaban J connectivity index is 1.96. The van der Waals surface area contributed by atoms with E-state index in [1.807, 2.05) is 30.0 Å². The van der Waals surface area contributed by atoms with Gasteiger partial charge in [0, 0.05) is 13.1 Å². The summed E-state index contributed by atoms with van der Waals surface area (Å²) in [6.07, 6.45) is 2.14. The average molecular weight is 295 g/mol. The predicted molar refractivity (Wildman–Crippen MR) is 83.4 cm³/mol. The van der Waals surface area contributed by atoms with E-state index in [-0.39, 0.29) is 5.91 Å². The molecule has 0 bridgehead atoms. The Morgan fingerprint density at radius 1 is 1.40 bits per heavy atom. The minimum atomic E-state index is 0.0700. The fourth-order valence-corrected chi connectivity index (χ4v) is 2.88. The number of carbonyl (C=O) groups is 1. The first-order chi connectivity index (χ1) is 9.63. The Bertz CT molecular complexity index is 468. The number of aryl methyl sites for hydroxylation is 1. The molecule has 110 valence electrons. The van der Waals surface area contributed by atoms with Crippen LogP contribution in [0.1, 0.15) is 35.7 Å². The molecule has 0 atom stereocenters. The molecule has 0 radical (unpaired) electrons. The van der Waals surface area contributed by atoms with Crippen LogP contribution in [0.2, 0.25) is 5.02 Å². The van der Waals surface area contributed by atoms with Crippen LogP contribution in [0.3, 0.4) is 0 Å². The van der Waals surface area contributed by atoms with Crippen LogP contribution in [0, 0.1) is 12.8 Å². The summed E-state index contributed by atoms with van der Waals surface area (Å²) in [5.74, 6) is 0.757. The first kappa shape index (κ1) is 15.3. The van der Waals surface area contributed by atoms with Gasteiger partial charge < -0.3 is 10.2 Å². The van der Waals surface area contributed by atoms with E-state index in [0.29, 0.717) is 16.5 Å². The smallest absolute Gasteiger partial charge is 0.255 e. The van der Waals surface area contributed by atoms with Crippen LogP contribution in [0.4, 0.5) is 0 Å². The molecule has 0 aliphatic carbocycles. The van der Waals surface area contributed by atoms with E-state index < -0.39 is 0 Å². The zero-order valence-corrected chi connectivity index (χ0v) is 13.0. The number of nitrogens with zero attached hydrogens (tertiary/aromatic N) is 1. The van der Waals surface area contributed by atoms with Gasteiger partial charge in [-0.1, -0.05) is 30.7 Å². The number of halogens is 1. The molecule has 0 saturated carbocycles. The van der Waals surface area contributed by atoms with Gasteiger partial charge in [-0.15, -0.1) is 0 Å². The van der Waals surface area contributed by atoms with Gasteiger partial charge in [0.1, 0.15) is 0 Å². The van der Waals surface area contributed by atoms with Crippen LogP contribution >= 0.6 is 11.6 Å². The molecule has 0 spiro atoms. The van der Waals surface area contributed by atoms with Crippen LogP contribution in [-0.4, -0.2) is 37.0 Å². The fourth-order valence-electron chi connectivity index (χ4n) is 2.67. The number of likely N-dealkylation sites (tertiary alicyclic amines) is 1. The monoisotopic (exact) mass is 294 g/mol. The third kappa shape index (κ3) is 3.53. The molecule has 1 fully saturated rings. The van der Waals surface area contributed by atoms with Gasteiger partial charge in [-0.3, -0.25) is 4.79 Å². The van der Waals surface area contributed by atoms with E-state index in [9.17, 15) is 4.79 Å². The highest BCUT2D eigenvalue weighted by Gasteiger charge is 2.24. The molecule has 20 heavy (non-hydrogen) atoms. The maximum Gasteiger partial charge on any atom is 0.255 e. The molecule has 1 aliphatic rings. The first-order valence-corrected chi connectivity index (χ1v) is 7.76. The van der Waals surface area contributed by atoms with E-state index in [1.165, 1.54) is 0 Å². The van der Waals surface area contributed by atoms with Gasteiger partial charge in [-0.25, -0.2) is 0 Å². The third-order valence-electron chi connectivity index (χ3n) is 4.01. The Hall–Kier alpha value is -1.06. The van der Waals surface area contributed by atoms with E-state index >= 15 is 0 Å². The molecule has 0 aromatic heterocycles. The zero-order chi connectivity index (χ0) is 14.5. The molecule has 3 nitrogen and oxygen atoms in total. The molecule has 1 aromatic carbocycles. The van der Waals surface area contributed by atoms with Crippen molar-refractivity contribution in [3.63, 3.8) is 0 Å². The number of nitrogens with one attached hydrogen (secondary N) is 1. The number of hydrogen-bond acceptors (Lipinski definition) is 2. The minimum absolute atomic E-state index is 0.0700. The Labute approximate surface area is 126 Å². The van der Waals surface area contributed by atoms with Crippen molar-refractivity contribution in [2.45, 2.75) is 26.7 Å². The van der Waals surface area contributed by atoms with Gasteiger partial charge in [0.25, 0.3) is 5.91 Å². The van der Waals surface area contributed by atoms with Crippen molar-refractivity contribution in [1.29, 1.82) is 0 Å². The van der Waals surface area contributed by atoms with Crippen molar-refractivity contribution in [1.82, 2.24) is 10.2 Å². The second kappa shape index (κ2) is 7.09. The lowest BCUT2D eigenvalue weighted by molar-refractivity contribution is 0.0690. The summed E-state index contributed by atoms with van der Waals surface area (Å²) in [5.41, 5.74) is 1.59. The van der Waals surface area contributed by atoms with Crippen molar-refractivity contribution in [3.05, 3.63) is 34.3 Å². The summed E-state index contributed by atoms with van der Waals surface area (Å²) in [4.78, 5) is 14.5. The Morgan fingerprint density at radius 3 is 2.75 bits per heavy atom. The van der Waals surface area contributed by atoms with Crippen molar-refractivity contribution in [2.75, 3.05) is 26.2 Å². The summed E-state index contributed by atoms with van der Waals surface area (Å²) in [7, 11) is 0. The van der Waals surface area contributed by atoms with Crippen LogP contribution in [-0.2, 0) is 0 Å². The Morgan fingerprint density at radius 2 is 2.10 bits per heavy atom. The average Bonchev–Trinajstić information content (AvgIpc) is 2.48. The molecule has 1 aliphatic heterocycles. The van der Waals surface area contributed by atoms with Crippen molar-refractivity contribution < 1.29 is 4.79 Å².